The van der Waals surface area contributed by atoms with Crippen LogP contribution in [-0.4, -0.2) is 39.5 Å². The fourth-order valence-corrected chi connectivity index (χ4v) is 1.79. The van der Waals surface area contributed by atoms with E-state index in [4.69, 9.17) is 10.5 Å². The lowest BCUT2D eigenvalue weighted by molar-refractivity contribution is 0.0926. The number of nitrogens with two attached hydrogens (primary N) is 1. The Balaban J connectivity index is 1.91. The fourth-order valence-electron chi connectivity index (χ4n) is 1.79. The number of ether oxygens (including phenoxy) is 1. The largest absolute Gasteiger partial charge is 0.376 e. The fraction of sp³-hybridized carbons (Fsp3) is 0.889. The van der Waals surface area contributed by atoms with Gasteiger partial charge < -0.3 is 10.5 Å². The highest BCUT2D eigenvalue weighted by Gasteiger charge is 2.18. The highest BCUT2D eigenvalue weighted by atomic mass is 16.5. The van der Waals surface area contributed by atoms with Crippen molar-refractivity contribution in [2.24, 2.45) is 5.73 Å². The lowest BCUT2D eigenvalue weighted by Gasteiger charge is -2.09. The Bertz CT molecular complexity index is 294. The van der Waals surface area contributed by atoms with E-state index < -0.39 is 0 Å². The molecule has 1 saturated heterocycles. The summed E-state index contributed by atoms with van der Waals surface area (Å²) in [7, 11) is 0. The Kier molecular flexibility index (Phi) is 3.63. The zero-order valence-electron chi connectivity index (χ0n) is 8.80. The molecule has 2 N–H and O–H groups in total. The minimum atomic E-state index is 0.283. The number of rotatable bonds is 5. The molecule has 0 amide bonds. The van der Waals surface area contributed by atoms with Gasteiger partial charge in [0.25, 0.3) is 0 Å². The van der Waals surface area contributed by atoms with Gasteiger partial charge in [-0.3, -0.25) is 0 Å². The van der Waals surface area contributed by atoms with Gasteiger partial charge in [-0.25, -0.2) is 4.68 Å². The molecule has 6 nitrogen and oxygen atoms in total. The normalized spacial score (nSPS) is 21.0. The predicted octanol–water partition coefficient (Wildman–Crippen LogP) is -0.257. The van der Waals surface area contributed by atoms with Crippen LogP contribution in [0, 0.1) is 0 Å². The van der Waals surface area contributed by atoms with Crippen LogP contribution in [0.1, 0.15) is 25.1 Å². The molecule has 1 atom stereocenters. The van der Waals surface area contributed by atoms with Gasteiger partial charge in [0.1, 0.15) is 0 Å². The molecule has 0 radical (unpaired) electrons. The quantitative estimate of drug-likeness (QED) is 0.726. The molecule has 1 aliphatic rings. The molecule has 6 heteroatoms. The van der Waals surface area contributed by atoms with E-state index in [0.29, 0.717) is 6.54 Å². The molecule has 0 aliphatic carbocycles. The van der Waals surface area contributed by atoms with Crippen LogP contribution in [0.4, 0.5) is 0 Å². The van der Waals surface area contributed by atoms with Crippen molar-refractivity contribution in [3.05, 3.63) is 5.82 Å². The molecule has 1 fully saturated rings. The van der Waals surface area contributed by atoms with Crippen molar-refractivity contribution >= 4 is 0 Å². The summed E-state index contributed by atoms with van der Waals surface area (Å²) in [6.07, 6.45) is 4.30. The molecule has 0 bridgehead atoms. The van der Waals surface area contributed by atoms with Crippen LogP contribution >= 0.6 is 0 Å². The van der Waals surface area contributed by atoms with Gasteiger partial charge >= 0.3 is 0 Å². The van der Waals surface area contributed by atoms with Gasteiger partial charge in [0, 0.05) is 13.0 Å². The average Bonchev–Trinajstić information content (AvgIpc) is 2.87. The molecule has 15 heavy (non-hydrogen) atoms. The maximum absolute atomic E-state index is 5.54. The first-order valence-corrected chi connectivity index (χ1v) is 5.47. The lowest BCUT2D eigenvalue weighted by atomic mass is 10.2. The number of aromatic nitrogens is 4. The van der Waals surface area contributed by atoms with Crippen LogP contribution in [0.2, 0.25) is 0 Å². The summed E-state index contributed by atoms with van der Waals surface area (Å²) in [4.78, 5) is 0. The molecule has 0 saturated carbocycles. The third-order valence-corrected chi connectivity index (χ3v) is 2.61. The lowest BCUT2D eigenvalue weighted by Crippen LogP contribution is -2.18. The zero-order chi connectivity index (χ0) is 10.5. The number of hydrogen-bond acceptors (Lipinski definition) is 5. The zero-order valence-corrected chi connectivity index (χ0v) is 8.80. The standard InChI is InChI=1S/C9H17N5O/c10-5-1-4-9-11-12-13-14(9)7-8-3-2-6-15-8/h8H,1-7,10H2. The Hall–Kier alpha value is -1.01. The van der Waals surface area contributed by atoms with Crippen LogP contribution in [0.15, 0.2) is 0 Å². The van der Waals surface area contributed by atoms with Crippen LogP contribution in [-0.2, 0) is 17.7 Å². The Labute approximate surface area is 88.8 Å². The van der Waals surface area contributed by atoms with Crippen molar-refractivity contribution < 1.29 is 4.74 Å². The maximum atomic E-state index is 5.54. The molecular formula is C9H17N5O. The SMILES string of the molecule is NCCCc1nnnn1CC1CCCO1. The third kappa shape index (κ3) is 2.73. The topological polar surface area (TPSA) is 78.9 Å². The van der Waals surface area contributed by atoms with Crippen molar-refractivity contribution in [3.63, 3.8) is 0 Å². The molecule has 0 spiro atoms. The molecule has 84 valence electrons. The van der Waals surface area contributed by atoms with E-state index >= 15 is 0 Å². The molecule has 1 aromatic heterocycles. The summed E-state index contributed by atoms with van der Waals surface area (Å²) in [6.45, 7) is 2.31. The van der Waals surface area contributed by atoms with Gasteiger partial charge in [-0.05, 0) is 36.2 Å². The second-order valence-corrected chi connectivity index (χ2v) is 3.80. The average molecular weight is 211 g/mol. The van der Waals surface area contributed by atoms with Crippen molar-refractivity contribution in [2.45, 2.75) is 38.3 Å². The summed E-state index contributed by atoms with van der Waals surface area (Å²) in [5, 5.41) is 11.6. The van der Waals surface area contributed by atoms with E-state index in [0.717, 1.165) is 44.7 Å². The minimum Gasteiger partial charge on any atom is -0.376 e. The third-order valence-electron chi connectivity index (χ3n) is 2.61. The first-order valence-electron chi connectivity index (χ1n) is 5.47. The molecule has 2 heterocycles. The van der Waals surface area contributed by atoms with Crippen molar-refractivity contribution in [1.29, 1.82) is 0 Å². The smallest absolute Gasteiger partial charge is 0.151 e. The highest BCUT2D eigenvalue weighted by molar-refractivity contribution is 4.82. The van der Waals surface area contributed by atoms with Gasteiger partial charge in [0.05, 0.1) is 12.6 Å². The summed E-state index contributed by atoms with van der Waals surface area (Å²) >= 11 is 0. The number of nitrogens with zero attached hydrogens (tertiary/aromatic N) is 4. The van der Waals surface area contributed by atoms with E-state index in [1.165, 1.54) is 0 Å². The van der Waals surface area contributed by atoms with E-state index in [2.05, 4.69) is 15.5 Å². The number of hydrogen-bond donors (Lipinski definition) is 1. The predicted molar refractivity (Wildman–Crippen MR) is 54.2 cm³/mol. The Morgan fingerprint density at radius 2 is 2.47 bits per heavy atom. The minimum absolute atomic E-state index is 0.283. The molecule has 1 aliphatic heterocycles. The van der Waals surface area contributed by atoms with Crippen molar-refractivity contribution in [3.8, 4) is 0 Å². The second-order valence-electron chi connectivity index (χ2n) is 3.80. The number of tetrazole rings is 1. The van der Waals surface area contributed by atoms with Crippen molar-refractivity contribution in [2.75, 3.05) is 13.2 Å². The van der Waals surface area contributed by atoms with Gasteiger partial charge in [0.2, 0.25) is 0 Å². The monoisotopic (exact) mass is 211 g/mol. The molecule has 2 rings (SSSR count). The van der Waals surface area contributed by atoms with E-state index in [9.17, 15) is 0 Å². The van der Waals surface area contributed by atoms with E-state index in [-0.39, 0.29) is 6.10 Å². The van der Waals surface area contributed by atoms with Gasteiger partial charge in [-0.1, -0.05) is 0 Å². The first kappa shape index (κ1) is 10.5. The van der Waals surface area contributed by atoms with Crippen LogP contribution in [0.5, 0.6) is 0 Å². The van der Waals surface area contributed by atoms with Crippen molar-refractivity contribution in [1.82, 2.24) is 20.2 Å². The van der Waals surface area contributed by atoms with Crippen LogP contribution in [0.25, 0.3) is 0 Å². The number of aryl methyl sites for hydroxylation is 1. The summed E-state index contributed by atoms with van der Waals surface area (Å²) in [5.41, 5.74) is 5.46. The first-order chi connectivity index (χ1) is 7.40. The van der Waals surface area contributed by atoms with E-state index in [1.54, 1.807) is 0 Å². The second kappa shape index (κ2) is 5.18. The van der Waals surface area contributed by atoms with E-state index in [1.807, 2.05) is 4.68 Å². The van der Waals surface area contributed by atoms with Crippen LogP contribution in [0.3, 0.4) is 0 Å². The summed E-state index contributed by atoms with van der Waals surface area (Å²) in [5.74, 6) is 0.913. The molecule has 0 aromatic carbocycles. The summed E-state index contributed by atoms with van der Waals surface area (Å²) in [6, 6.07) is 0. The molecule has 1 aromatic rings. The van der Waals surface area contributed by atoms with Gasteiger partial charge in [-0.2, -0.15) is 0 Å². The highest BCUT2D eigenvalue weighted by Crippen LogP contribution is 2.14. The summed E-state index contributed by atoms with van der Waals surface area (Å²) < 4.78 is 7.38. The maximum Gasteiger partial charge on any atom is 0.151 e. The Morgan fingerprint density at radius 3 is 3.20 bits per heavy atom. The van der Waals surface area contributed by atoms with Gasteiger partial charge in [0.15, 0.2) is 5.82 Å². The molecular weight excluding hydrogens is 194 g/mol. The molecule has 1 unspecified atom stereocenters. The Morgan fingerprint density at radius 1 is 1.53 bits per heavy atom. The van der Waals surface area contributed by atoms with Gasteiger partial charge in [-0.15, -0.1) is 5.10 Å². The van der Waals surface area contributed by atoms with Crippen LogP contribution < -0.4 is 5.73 Å².